The van der Waals surface area contributed by atoms with Crippen LogP contribution >= 0.6 is 0 Å². The molecular weight excluding hydrogens is 368 g/mol. The first-order valence-electron chi connectivity index (χ1n) is 10.2. The van der Waals surface area contributed by atoms with Gasteiger partial charge in [-0.1, -0.05) is 38.1 Å². The van der Waals surface area contributed by atoms with E-state index in [9.17, 15) is 4.79 Å². The van der Waals surface area contributed by atoms with E-state index in [1.807, 2.05) is 18.2 Å². The standard InChI is InChI=1S/C24H28O5/c1-24(2,14-27-3)20-6-4-5-19-18(20)9-10-21(19)29-16-7-8-17-15(11-23(25)26)13-28-22(17)12-16/h4-8,12,15,21H,9-11,13-14H2,1-3H3,(H,25,26). The predicted molar refractivity (Wildman–Crippen MR) is 110 cm³/mol. The Morgan fingerprint density at radius 1 is 1.24 bits per heavy atom. The normalized spacial score (nSPS) is 20.1. The topological polar surface area (TPSA) is 65.0 Å². The molecule has 29 heavy (non-hydrogen) atoms. The molecule has 1 heterocycles. The SMILES string of the molecule is COCC(C)(C)c1cccc2c1CCC2Oc1ccc2c(c1)OCC2CC(=O)O. The van der Waals surface area contributed by atoms with Crippen molar-refractivity contribution in [3.63, 3.8) is 0 Å². The third-order valence-electron chi connectivity index (χ3n) is 6.01. The molecule has 154 valence electrons. The lowest BCUT2D eigenvalue weighted by Crippen LogP contribution is -2.25. The summed E-state index contributed by atoms with van der Waals surface area (Å²) in [6, 6.07) is 12.2. The summed E-state index contributed by atoms with van der Waals surface area (Å²) < 4.78 is 17.5. The minimum atomic E-state index is -0.804. The van der Waals surface area contributed by atoms with E-state index in [1.165, 1.54) is 16.7 Å². The van der Waals surface area contributed by atoms with Crippen LogP contribution in [0.15, 0.2) is 36.4 Å². The average Bonchev–Trinajstić information content (AvgIpc) is 3.25. The lowest BCUT2D eigenvalue weighted by Gasteiger charge is -2.27. The Morgan fingerprint density at radius 3 is 2.83 bits per heavy atom. The summed E-state index contributed by atoms with van der Waals surface area (Å²) in [6.45, 7) is 5.52. The average molecular weight is 396 g/mol. The summed E-state index contributed by atoms with van der Waals surface area (Å²) in [4.78, 5) is 11.0. The lowest BCUT2D eigenvalue weighted by molar-refractivity contribution is -0.137. The number of benzene rings is 2. The highest BCUT2D eigenvalue weighted by molar-refractivity contribution is 5.68. The number of ether oxygens (including phenoxy) is 3. The van der Waals surface area contributed by atoms with Gasteiger partial charge in [-0.2, -0.15) is 0 Å². The van der Waals surface area contributed by atoms with E-state index < -0.39 is 5.97 Å². The fourth-order valence-corrected chi connectivity index (χ4v) is 4.69. The van der Waals surface area contributed by atoms with Crippen LogP contribution in [0, 0.1) is 0 Å². The van der Waals surface area contributed by atoms with Gasteiger partial charge in [0.1, 0.15) is 17.6 Å². The highest BCUT2D eigenvalue weighted by Crippen LogP contribution is 2.43. The van der Waals surface area contributed by atoms with Crippen LogP contribution in [0.3, 0.4) is 0 Å². The van der Waals surface area contributed by atoms with Crippen LogP contribution in [0.1, 0.15) is 61.0 Å². The number of carboxylic acid groups (broad SMARTS) is 1. The second-order valence-corrected chi connectivity index (χ2v) is 8.64. The van der Waals surface area contributed by atoms with Crippen molar-refractivity contribution < 1.29 is 24.1 Å². The third-order valence-corrected chi connectivity index (χ3v) is 6.01. The number of hydrogen-bond acceptors (Lipinski definition) is 4. The Morgan fingerprint density at radius 2 is 2.07 bits per heavy atom. The first-order chi connectivity index (χ1) is 13.9. The zero-order valence-electron chi connectivity index (χ0n) is 17.2. The number of carbonyl (C=O) groups is 1. The number of rotatable bonds is 7. The molecule has 5 nitrogen and oxygen atoms in total. The summed E-state index contributed by atoms with van der Waals surface area (Å²) >= 11 is 0. The fourth-order valence-electron chi connectivity index (χ4n) is 4.69. The Bertz CT molecular complexity index is 917. The fraction of sp³-hybridized carbons (Fsp3) is 0.458. The molecule has 2 aromatic carbocycles. The molecule has 0 saturated heterocycles. The zero-order valence-corrected chi connectivity index (χ0v) is 17.2. The van der Waals surface area contributed by atoms with E-state index in [0.29, 0.717) is 13.2 Å². The third kappa shape index (κ3) is 3.84. The van der Waals surface area contributed by atoms with Gasteiger partial charge >= 0.3 is 5.97 Å². The Hall–Kier alpha value is -2.53. The molecule has 0 radical (unpaired) electrons. The van der Waals surface area contributed by atoms with E-state index in [0.717, 1.165) is 29.9 Å². The molecule has 4 rings (SSSR count). The maximum atomic E-state index is 11.0. The molecule has 2 atom stereocenters. The molecule has 0 amide bonds. The van der Waals surface area contributed by atoms with Gasteiger partial charge in [0.05, 0.1) is 19.6 Å². The highest BCUT2D eigenvalue weighted by atomic mass is 16.5. The Balaban J connectivity index is 1.54. The van der Waals surface area contributed by atoms with Gasteiger partial charge in [-0.25, -0.2) is 0 Å². The van der Waals surface area contributed by atoms with Crippen LogP contribution in [0.2, 0.25) is 0 Å². The molecule has 0 aromatic heterocycles. The summed E-state index contributed by atoms with van der Waals surface area (Å²) in [5, 5.41) is 9.06. The molecular formula is C24H28O5. The van der Waals surface area contributed by atoms with Crippen molar-refractivity contribution in [2.45, 2.75) is 50.5 Å². The summed E-state index contributed by atoms with van der Waals surface area (Å²) in [6.07, 6.45) is 2.03. The second-order valence-electron chi connectivity index (χ2n) is 8.64. The van der Waals surface area contributed by atoms with Crippen molar-refractivity contribution in [2.75, 3.05) is 20.3 Å². The molecule has 1 N–H and O–H groups in total. The number of aliphatic carboxylic acids is 1. The van der Waals surface area contributed by atoms with E-state index >= 15 is 0 Å². The van der Waals surface area contributed by atoms with E-state index in [4.69, 9.17) is 19.3 Å². The summed E-state index contributed by atoms with van der Waals surface area (Å²) in [5.41, 5.74) is 4.86. The minimum Gasteiger partial charge on any atom is -0.492 e. The van der Waals surface area contributed by atoms with E-state index in [-0.39, 0.29) is 23.9 Å². The first-order valence-corrected chi connectivity index (χ1v) is 10.2. The molecule has 2 aliphatic rings. The van der Waals surface area contributed by atoms with Crippen molar-refractivity contribution in [1.82, 2.24) is 0 Å². The molecule has 0 spiro atoms. The maximum Gasteiger partial charge on any atom is 0.304 e. The molecule has 2 aromatic rings. The van der Waals surface area contributed by atoms with Crippen LogP contribution < -0.4 is 9.47 Å². The number of methoxy groups -OCH3 is 1. The molecule has 0 bridgehead atoms. The summed E-state index contributed by atoms with van der Waals surface area (Å²) in [7, 11) is 1.74. The van der Waals surface area contributed by atoms with Crippen molar-refractivity contribution >= 4 is 5.97 Å². The van der Waals surface area contributed by atoms with E-state index in [2.05, 4.69) is 32.0 Å². The largest absolute Gasteiger partial charge is 0.492 e. The van der Waals surface area contributed by atoms with Gasteiger partial charge in [0, 0.05) is 30.1 Å². The van der Waals surface area contributed by atoms with Crippen LogP contribution in [-0.4, -0.2) is 31.4 Å². The Labute approximate surface area is 171 Å². The van der Waals surface area contributed by atoms with Crippen molar-refractivity contribution in [3.8, 4) is 11.5 Å². The van der Waals surface area contributed by atoms with Gasteiger partial charge in [0.25, 0.3) is 0 Å². The highest BCUT2D eigenvalue weighted by Gasteiger charge is 2.32. The molecule has 1 aliphatic heterocycles. The van der Waals surface area contributed by atoms with Gasteiger partial charge < -0.3 is 19.3 Å². The van der Waals surface area contributed by atoms with Crippen LogP contribution in [-0.2, 0) is 21.4 Å². The number of fused-ring (bicyclic) bond motifs is 2. The second kappa shape index (κ2) is 7.71. The monoisotopic (exact) mass is 396 g/mol. The number of hydrogen-bond donors (Lipinski definition) is 1. The van der Waals surface area contributed by atoms with Gasteiger partial charge in [-0.15, -0.1) is 0 Å². The lowest BCUT2D eigenvalue weighted by atomic mass is 9.81. The predicted octanol–water partition coefficient (Wildman–Crippen LogP) is 4.63. The van der Waals surface area contributed by atoms with Crippen LogP contribution in [0.5, 0.6) is 11.5 Å². The maximum absolute atomic E-state index is 11.0. The molecule has 2 unspecified atom stereocenters. The van der Waals surface area contributed by atoms with Gasteiger partial charge in [-0.05, 0) is 35.6 Å². The van der Waals surface area contributed by atoms with Crippen LogP contribution in [0.4, 0.5) is 0 Å². The number of carboxylic acids is 1. The quantitative estimate of drug-likeness (QED) is 0.739. The Kier molecular flexibility index (Phi) is 5.26. The van der Waals surface area contributed by atoms with Crippen molar-refractivity contribution in [1.29, 1.82) is 0 Å². The zero-order chi connectivity index (χ0) is 20.6. The molecule has 0 fully saturated rings. The van der Waals surface area contributed by atoms with Crippen molar-refractivity contribution in [2.24, 2.45) is 0 Å². The van der Waals surface area contributed by atoms with E-state index in [1.54, 1.807) is 7.11 Å². The van der Waals surface area contributed by atoms with Gasteiger partial charge in [0.15, 0.2) is 0 Å². The first kappa shape index (κ1) is 19.8. The van der Waals surface area contributed by atoms with Crippen molar-refractivity contribution in [3.05, 3.63) is 58.7 Å². The summed E-state index contributed by atoms with van der Waals surface area (Å²) in [5.74, 6) is 0.608. The molecule has 5 heteroatoms. The molecule has 0 saturated carbocycles. The van der Waals surface area contributed by atoms with Gasteiger partial charge in [0.2, 0.25) is 0 Å². The smallest absolute Gasteiger partial charge is 0.304 e. The van der Waals surface area contributed by atoms with Crippen LogP contribution in [0.25, 0.3) is 0 Å². The van der Waals surface area contributed by atoms with Gasteiger partial charge in [-0.3, -0.25) is 4.79 Å². The molecule has 1 aliphatic carbocycles. The minimum absolute atomic E-state index is 0.0116.